The molecule has 0 saturated carbocycles. The number of ketones is 1. The van der Waals surface area contributed by atoms with E-state index >= 15 is 0 Å². The Balaban J connectivity index is 3.41. The minimum atomic E-state index is 0.168. The monoisotopic (exact) mass is 167 g/mol. The van der Waals surface area contributed by atoms with Crippen molar-refractivity contribution in [2.24, 2.45) is 11.7 Å². The zero-order valence-electron chi connectivity index (χ0n) is 7.68. The largest absolute Gasteiger partial charge is 0.330 e. The van der Waals surface area contributed by atoms with Crippen molar-refractivity contribution in [3.8, 4) is 12.3 Å². The van der Waals surface area contributed by atoms with Crippen molar-refractivity contribution in [1.29, 1.82) is 0 Å². The number of terminal acetylenes is 1. The summed E-state index contributed by atoms with van der Waals surface area (Å²) in [6, 6.07) is 0. The van der Waals surface area contributed by atoms with Gasteiger partial charge in [0.1, 0.15) is 5.78 Å². The first-order valence-electron chi connectivity index (χ1n) is 4.36. The average molecular weight is 167 g/mol. The van der Waals surface area contributed by atoms with Gasteiger partial charge in [0.15, 0.2) is 0 Å². The van der Waals surface area contributed by atoms with Crippen LogP contribution < -0.4 is 5.73 Å². The van der Waals surface area contributed by atoms with Crippen LogP contribution in [-0.2, 0) is 4.79 Å². The molecular formula is C10H17NO. The highest BCUT2D eigenvalue weighted by molar-refractivity contribution is 5.80. The summed E-state index contributed by atoms with van der Waals surface area (Å²) < 4.78 is 0. The molecule has 0 heterocycles. The minimum absolute atomic E-state index is 0.168. The molecule has 12 heavy (non-hydrogen) atoms. The van der Waals surface area contributed by atoms with Crippen molar-refractivity contribution in [3.05, 3.63) is 0 Å². The van der Waals surface area contributed by atoms with Crippen LogP contribution in [0.1, 0.15) is 32.6 Å². The van der Waals surface area contributed by atoms with Gasteiger partial charge in [-0.05, 0) is 25.3 Å². The number of hydrogen-bond acceptors (Lipinski definition) is 2. The highest BCUT2D eigenvalue weighted by Crippen LogP contribution is 2.09. The molecule has 0 fully saturated rings. The average Bonchev–Trinajstić information content (AvgIpc) is 2.02. The van der Waals surface area contributed by atoms with E-state index in [4.69, 9.17) is 12.2 Å². The van der Waals surface area contributed by atoms with Crippen LogP contribution >= 0.6 is 0 Å². The quantitative estimate of drug-likeness (QED) is 0.607. The van der Waals surface area contributed by atoms with Gasteiger partial charge in [-0.1, -0.05) is 12.8 Å². The second-order valence-corrected chi connectivity index (χ2v) is 3.14. The van der Waals surface area contributed by atoms with Gasteiger partial charge in [-0.3, -0.25) is 4.79 Å². The summed E-state index contributed by atoms with van der Waals surface area (Å²) >= 11 is 0. The Labute approximate surface area is 74.5 Å². The molecular weight excluding hydrogens is 150 g/mol. The van der Waals surface area contributed by atoms with Crippen LogP contribution in [0.3, 0.4) is 0 Å². The van der Waals surface area contributed by atoms with Crippen molar-refractivity contribution in [1.82, 2.24) is 0 Å². The second kappa shape index (κ2) is 6.87. The number of carbonyl (C=O) groups excluding carboxylic acids is 1. The van der Waals surface area contributed by atoms with Crippen LogP contribution in [0.5, 0.6) is 0 Å². The number of rotatable bonds is 6. The van der Waals surface area contributed by atoms with Crippen molar-refractivity contribution in [2.45, 2.75) is 32.6 Å². The van der Waals surface area contributed by atoms with Crippen molar-refractivity contribution in [3.63, 3.8) is 0 Å². The van der Waals surface area contributed by atoms with Gasteiger partial charge < -0.3 is 5.73 Å². The topological polar surface area (TPSA) is 43.1 Å². The first-order valence-corrected chi connectivity index (χ1v) is 4.36. The molecule has 2 N–H and O–H groups in total. The van der Waals surface area contributed by atoms with E-state index in [0.717, 1.165) is 12.8 Å². The molecule has 1 unspecified atom stereocenters. The molecule has 0 aromatic heterocycles. The van der Waals surface area contributed by atoms with E-state index in [-0.39, 0.29) is 12.2 Å². The van der Waals surface area contributed by atoms with E-state index in [9.17, 15) is 4.79 Å². The van der Waals surface area contributed by atoms with Crippen LogP contribution in [0.2, 0.25) is 0 Å². The lowest BCUT2D eigenvalue weighted by atomic mass is 9.99. The number of hydrogen-bond donors (Lipinski definition) is 1. The Morgan fingerprint density at radius 3 is 2.75 bits per heavy atom. The van der Waals surface area contributed by atoms with Crippen molar-refractivity contribution < 1.29 is 4.79 Å². The van der Waals surface area contributed by atoms with E-state index in [2.05, 4.69) is 12.8 Å². The molecule has 0 aliphatic heterocycles. The lowest BCUT2D eigenvalue weighted by Crippen LogP contribution is -2.07. The Morgan fingerprint density at radius 2 is 2.25 bits per heavy atom. The first-order chi connectivity index (χ1) is 5.70. The predicted octanol–water partition coefficient (Wildman–Crippen LogP) is 1.34. The van der Waals surface area contributed by atoms with E-state index < -0.39 is 0 Å². The molecule has 0 radical (unpaired) electrons. The van der Waals surface area contributed by atoms with Crippen LogP contribution in [-0.4, -0.2) is 12.3 Å². The summed E-state index contributed by atoms with van der Waals surface area (Å²) in [5.41, 5.74) is 5.38. The molecule has 0 rings (SSSR count). The smallest absolute Gasteiger partial charge is 0.144 e. The zero-order chi connectivity index (χ0) is 9.40. The molecule has 68 valence electrons. The predicted molar refractivity (Wildman–Crippen MR) is 50.5 cm³/mol. The van der Waals surface area contributed by atoms with Gasteiger partial charge in [0.2, 0.25) is 0 Å². The SMILES string of the molecule is C#CCC(=O)CCC(C)CCN. The Kier molecular flexibility index (Phi) is 6.41. The number of nitrogens with two attached hydrogens (primary N) is 1. The van der Waals surface area contributed by atoms with Crippen LogP contribution in [0.25, 0.3) is 0 Å². The third-order valence-corrected chi connectivity index (χ3v) is 1.87. The van der Waals surface area contributed by atoms with Gasteiger partial charge in [-0.15, -0.1) is 6.42 Å². The number of carbonyl (C=O) groups is 1. The Morgan fingerprint density at radius 1 is 1.58 bits per heavy atom. The maximum Gasteiger partial charge on any atom is 0.144 e. The highest BCUT2D eigenvalue weighted by Gasteiger charge is 2.04. The van der Waals surface area contributed by atoms with Gasteiger partial charge in [0.05, 0.1) is 6.42 Å². The highest BCUT2D eigenvalue weighted by atomic mass is 16.1. The lowest BCUT2D eigenvalue weighted by Gasteiger charge is -2.07. The second-order valence-electron chi connectivity index (χ2n) is 3.14. The van der Waals surface area contributed by atoms with Gasteiger partial charge >= 0.3 is 0 Å². The molecule has 1 atom stereocenters. The molecule has 0 aromatic rings. The standard InChI is InChI=1S/C10H17NO/c1-3-4-10(12)6-5-9(2)7-8-11/h1,9H,4-8,11H2,2H3. The molecule has 2 heteroatoms. The third kappa shape index (κ3) is 5.94. The van der Waals surface area contributed by atoms with E-state index in [1.807, 2.05) is 0 Å². The fourth-order valence-electron chi connectivity index (χ4n) is 1.04. The molecule has 0 saturated heterocycles. The van der Waals surface area contributed by atoms with Gasteiger partial charge in [0, 0.05) is 6.42 Å². The maximum atomic E-state index is 11.0. The molecule has 0 aliphatic rings. The lowest BCUT2D eigenvalue weighted by molar-refractivity contribution is -0.118. The molecule has 2 nitrogen and oxygen atoms in total. The Bertz CT molecular complexity index is 169. The van der Waals surface area contributed by atoms with E-state index in [0.29, 0.717) is 18.9 Å². The van der Waals surface area contributed by atoms with Gasteiger partial charge in [-0.2, -0.15) is 0 Å². The van der Waals surface area contributed by atoms with Gasteiger partial charge in [-0.25, -0.2) is 0 Å². The van der Waals surface area contributed by atoms with Crippen LogP contribution in [0, 0.1) is 18.3 Å². The summed E-state index contributed by atoms with van der Waals surface area (Å²) in [6.07, 6.45) is 7.78. The molecule has 0 aromatic carbocycles. The molecule has 0 spiro atoms. The first kappa shape index (κ1) is 11.2. The summed E-state index contributed by atoms with van der Waals surface area (Å²) in [5, 5.41) is 0. The molecule has 0 amide bonds. The summed E-state index contributed by atoms with van der Waals surface area (Å²) in [6.45, 7) is 2.81. The van der Waals surface area contributed by atoms with Crippen molar-refractivity contribution in [2.75, 3.05) is 6.54 Å². The number of Topliss-reactive ketones (excluding diaryl/α,β-unsaturated/α-hetero) is 1. The van der Waals surface area contributed by atoms with E-state index in [1.54, 1.807) is 0 Å². The summed E-state index contributed by atoms with van der Waals surface area (Å²) in [4.78, 5) is 11.0. The fourth-order valence-corrected chi connectivity index (χ4v) is 1.04. The third-order valence-electron chi connectivity index (χ3n) is 1.87. The van der Waals surface area contributed by atoms with Crippen LogP contribution in [0.4, 0.5) is 0 Å². The van der Waals surface area contributed by atoms with Gasteiger partial charge in [0.25, 0.3) is 0 Å². The van der Waals surface area contributed by atoms with E-state index in [1.165, 1.54) is 0 Å². The van der Waals surface area contributed by atoms with Crippen molar-refractivity contribution >= 4 is 5.78 Å². The minimum Gasteiger partial charge on any atom is -0.330 e. The Hall–Kier alpha value is -0.810. The zero-order valence-corrected chi connectivity index (χ0v) is 7.68. The molecule has 0 aliphatic carbocycles. The van der Waals surface area contributed by atoms with Crippen LogP contribution in [0.15, 0.2) is 0 Å². The molecule has 0 bridgehead atoms. The normalized spacial score (nSPS) is 12.1. The summed E-state index contributed by atoms with van der Waals surface area (Å²) in [5.74, 6) is 3.06. The summed E-state index contributed by atoms with van der Waals surface area (Å²) in [7, 11) is 0. The maximum absolute atomic E-state index is 11.0. The fraction of sp³-hybridized carbons (Fsp3) is 0.700.